The van der Waals surface area contributed by atoms with Gasteiger partial charge in [0.2, 0.25) is 0 Å². The number of hydrogen-bond acceptors (Lipinski definition) is 1. The van der Waals surface area contributed by atoms with E-state index in [0.717, 1.165) is 6.42 Å². The highest BCUT2D eigenvalue weighted by Gasteiger charge is 2.22. The van der Waals surface area contributed by atoms with Crippen LogP contribution in [0.4, 0.5) is 4.39 Å². The van der Waals surface area contributed by atoms with Crippen LogP contribution in [0, 0.1) is 17.7 Å². The van der Waals surface area contributed by atoms with Crippen LogP contribution < -0.4 is 5.32 Å². The average molecular weight is 328 g/mol. The number of carbonyl (C=O) groups excluding carboxylic acids is 1. The van der Waals surface area contributed by atoms with Crippen molar-refractivity contribution in [1.29, 1.82) is 0 Å². The molecule has 4 heteroatoms. The zero-order valence-electron chi connectivity index (χ0n) is 11.1. The Labute approximate surface area is 121 Å². The Kier molecular flexibility index (Phi) is 4.97. The molecule has 0 aliphatic heterocycles. The molecule has 1 aromatic rings. The third-order valence-corrected chi connectivity index (χ3v) is 4.62. The number of amides is 1. The largest absolute Gasteiger partial charge is 0.352 e. The number of nitrogens with one attached hydrogen (secondary N) is 1. The van der Waals surface area contributed by atoms with E-state index < -0.39 is 5.82 Å². The fourth-order valence-corrected chi connectivity index (χ4v) is 3.06. The monoisotopic (exact) mass is 327 g/mol. The normalized spacial score (nSPS) is 23.1. The molecule has 1 saturated carbocycles. The zero-order chi connectivity index (χ0) is 13.8. The number of rotatable bonds is 3. The summed E-state index contributed by atoms with van der Waals surface area (Å²) >= 11 is 3.10. The van der Waals surface area contributed by atoms with Crippen LogP contribution in [0.5, 0.6) is 0 Å². The van der Waals surface area contributed by atoms with Crippen molar-refractivity contribution in [2.75, 3.05) is 6.54 Å². The highest BCUT2D eigenvalue weighted by atomic mass is 79.9. The molecule has 1 aromatic carbocycles. The molecule has 2 nitrogen and oxygen atoms in total. The maximum atomic E-state index is 13.8. The van der Waals surface area contributed by atoms with Crippen molar-refractivity contribution >= 4 is 21.8 Å². The van der Waals surface area contributed by atoms with Gasteiger partial charge in [0, 0.05) is 6.54 Å². The molecule has 2 unspecified atom stereocenters. The third-order valence-electron chi connectivity index (χ3n) is 4.01. The lowest BCUT2D eigenvalue weighted by atomic mass is 9.80. The van der Waals surface area contributed by atoms with Gasteiger partial charge in [-0.2, -0.15) is 0 Å². The standard InChI is InChI=1S/C15H19BrFNO/c1-10-5-2-3-6-11(10)9-18-15(19)12-7-4-8-13(16)14(12)17/h4,7-8,10-11H,2-3,5-6,9H2,1H3,(H,18,19). The fraction of sp³-hybridized carbons (Fsp3) is 0.533. The minimum absolute atomic E-state index is 0.109. The summed E-state index contributed by atoms with van der Waals surface area (Å²) in [5.41, 5.74) is 0.109. The van der Waals surface area contributed by atoms with Gasteiger partial charge in [0.05, 0.1) is 10.0 Å². The Bertz CT molecular complexity index is 463. The maximum Gasteiger partial charge on any atom is 0.254 e. The van der Waals surface area contributed by atoms with E-state index in [1.165, 1.54) is 25.3 Å². The molecule has 1 N–H and O–H groups in total. The van der Waals surface area contributed by atoms with Crippen LogP contribution in [0.1, 0.15) is 43.0 Å². The van der Waals surface area contributed by atoms with Crippen LogP contribution in [0.15, 0.2) is 22.7 Å². The highest BCUT2D eigenvalue weighted by Crippen LogP contribution is 2.29. The van der Waals surface area contributed by atoms with Gasteiger partial charge in [-0.15, -0.1) is 0 Å². The Morgan fingerprint density at radius 1 is 1.42 bits per heavy atom. The van der Waals surface area contributed by atoms with Crippen molar-refractivity contribution < 1.29 is 9.18 Å². The lowest BCUT2D eigenvalue weighted by Crippen LogP contribution is -2.33. The van der Waals surface area contributed by atoms with Crippen LogP contribution in [0.2, 0.25) is 0 Å². The summed E-state index contributed by atoms with van der Waals surface area (Å²) in [5, 5.41) is 2.87. The molecule has 1 aliphatic rings. The van der Waals surface area contributed by atoms with E-state index >= 15 is 0 Å². The summed E-state index contributed by atoms with van der Waals surface area (Å²) in [5.74, 6) is 0.350. The van der Waals surface area contributed by atoms with E-state index in [4.69, 9.17) is 0 Å². The van der Waals surface area contributed by atoms with Gasteiger partial charge in [-0.3, -0.25) is 4.79 Å². The van der Waals surface area contributed by atoms with E-state index in [1.807, 2.05) is 0 Å². The zero-order valence-corrected chi connectivity index (χ0v) is 12.7. The molecule has 0 saturated heterocycles. The predicted octanol–water partition coefficient (Wildman–Crippen LogP) is 4.14. The SMILES string of the molecule is CC1CCCCC1CNC(=O)c1cccc(Br)c1F. The Balaban J connectivity index is 1.95. The molecule has 2 rings (SSSR count). The second-order valence-corrected chi connectivity index (χ2v) is 6.19. The highest BCUT2D eigenvalue weighted by molar-refractivity contribution is 9.10. The van der Waals surface area contributed by atoms with E-state index in [0.29, 0.717) is 22.9 Å². The van der Waals surface area contributed by atoms with Gasteiger partial charge in [-0.05, 0) is 46.3 Å². The van der Waals surface area contributed by atoms with Gasteiger partial charge in [-0.25, -0.2) is 4.39 Å². The first-order valence-electron chi connectivity index (χ1n) is 6.82. The summed E-state index contributed by atoms with van der Waals surface area (Å²) < 4.78 is 14.1. The van der Waals surface area contributed by atoms with Crippen LogP contribution >= 0.6 is 15.9 Å². The number of carbonyl (C=O) groups is 1. The van der Waals surface area contributed by atoms with Gasteiger partial charge in [0.1, 0.15) is 5.82 Å². The molecule has 0 spiro atoms. The van der Waals surface area contributed by atoms with E-state index in [1.54, 1.807) is 12.1 Å². The molecule has 0 bridgehead atoms. The lowest BCUT2D eigenvalue weighted by Gasteiger charge is -2.28. The minimum Gasteiger partial charge on any atom is -0.352 e. The fourth-order valence-electron chi connectivity index (χ4n) is 2.69. The minimum atomic E-state index is -0.489. The van der Waals surface area contributed by atoms with Crippen molar-refractivity contribution in [2.24, 2.45) is 11.8 Å². The predicted molar refractivity (Wildman–Crippen MR) is 77.6 cm³/mol. The van der Waals surface area contributed by atoms with Gasteiger partial charge >= 0.3 is 0 Å². The summed E-state index contributed by atoms with van der Waals surface area (Å²) in [6, 6.07) is 4.78. The average Bonchev–Trinajstić information content (AvgIpc) is 2.40. The van der Waals surface area contributed by atoms with Gasteiger partial charge in [-0.1, -0.05) is 32.3 Å². The van der Waals surface area contributed by atoms with E-state index in [9.17, 15) is 9.18 Å². The first-order chi connectivity index (χ1) is 9.09. The molecule has 1 aliphatic carbocycles. The Morgan fingerprint density at radius 2 is 2.16 bits per heavy atom. The molecule has 1 amide bonds. The summed E-state index contributed by atoms with van der Waals surface area (Å²) in [7, 11) is 0. The maximum absolute atomic E-state index is 13.8. The third kappa shape index (κ3) is 3.56. The smallest absolute Gasteiger partial charge is 0.254 e. The van der Waals surface area contributed by atoms with Crippen LogP contribution in [-0.2, 0) is 0 Å². The molecule has 104 valence electrons. The van der Waals surface area contributed by atoms with Crippen LogP contribution in [0.25, 0.3) is 0 Å². The second kappa shape index (κ2) is 6.51. The van der Waals surface area contributed by atoms with Crippen molar-refractivity contribution in [3.63, 3.8) is 0 Å². The van der Waals surface area contributed by atoms with Crippen molar-refractivity contribution in [3.8, 4) is 0 Å². The molecule has 2 atom stereocenters. The van der Waals surface area contributed by atoms with Gasteiger partial charge < -0.3 is 5.32 Å². The van der Waals surface area contributed by atoms with Crippen molar-refractivity contribution in [2.45, 2.75) is 32.6 Å². The van der Waals surface area contributed by atoms with E-state index in [2.05, 4.69) is 28.2 Å². The molecule has 0 aromatic heterocycles. The van der Waals surface area contributed by atoms with Crippen molar-refractivity contribution in [3.05, 3.63) is 34.1 Å². The summed E-state index contributed by atoms with van der Waals surface area (Å²) in [6.07, 6.45) is 4.90. The lowest BCUT2D eigenvalue weighted by molar-refractivity contribution is 0.0932. The van der Waals surface area contributed by atoms with Crippen LogP contribution in [-0.4, -0.2) is 12.5 Å². The molecule has 0 radical (unpaired) electrons. The molecule has 1 fully saturated rings. The van der Waals surface area contributed by atoms with Crippen LogP contribution in [0.3, 0.4) is 0 Å². The van der Waals surface area contributed by atoms with E-state index in [-0.39, 0.29) is 11.5 Å². The molecular formula is C15H19BrFNO. The molecule has 0 heterocycles. The quantitative estimate of drug-likeness (QED) is 0.887. The first kappa shape index (κ1) is 14.5. The van der Waals surface area contributed by atoms with Gasteiger partial charge in [0.25, 0.3) is 5.91 Å². The van der Waals surface area contributed by atoms with Crippen molar-refractivity contribution in [1.82, 2.24) is 5.32 Å². The number of halogens is 2. The molecular weight excluding hydrogens is 309 g/mol. The Hall–Kier alpha value is -0.900. The van der Waals surface area contributed by atoms with Gasteiger partial charge in [0.15, 0.2) is 0 Å². The Morgan fingerprint density at radius 3 is 2.89 bits per heavy atom. The summed E-state index contributed by atoms with van der Waals surface area (Å²) in [6.45, 7) is 2.88. The summed E-state index contributed by atoms with van der Waals surface area (Å²) in [4.78, 5) is 12.0. The number of hydrogen-bond donors (Lipinski definition) is 1. The first-order valence-corrected chi connectivity index (χ1v) is 7.61. The number of benzene rings is 1. The topological polar surface area (TPSA) is 29.1 Å². The molecule has 19 heavy (non-hydrogen) atoms. The second-order valence-electron chi connectivity index (χ2n) is 5.33.